The summed E-state index contributed by atoms with van der Waals surface area (Å²) < 4.78 is 23.6. The molecule has 0 spiro atoms. The van der Waals surface area contributed by atoms with Gasteiger partial charge in [0.05, 0.1) is 12.9 Å². The van der Waals surface area contributed by atoms with Crippen molar-refractivity contribution in [1.29, 1.82) is 0 Å². The van der Waals surface area contributed by atoms with Crippen LogP contribution in [-0.4, -0.2) is 38.7 Å². The van der Waals surface area contributed by atoms with Gasteiger partial charge in [0.1, 0.15) is 28.7 Å². The second-order valence-electron chi connectivity index (χ2n) is 6.25. The second-order valence-corrected chi connectivity index (χ2v) is 7.13. The first-order valence-electron chi connectivity index (χ1n) is 9.21. The number of aromatic nitrogens is 4. The molecule has 1 N–H and O–H groups in total. The molecular formula is C20H16FN5O4S. The topological polar surface area (TPSA) is 112 Å². The number of anilines is 1. The third-order valence-electron chi connectivity index (χ3n) is 4.15. The fourth-order valence-electron chi connectivity index (χ4n) is 2.79. The van der Waals surface area contributed by atoms with Gasteiger partial charge in [0.15, 0.2) is 0 Å². The lowest BCUT2D eigenvalue weighted by Gasteiger charge is -2.07. The van der Waals surface area contributed by atoms with Gasteiger partial charge in [0.25, 0.3) is 0 Å². The number of benzene rings is 1. The molecular weight excluding hydrogens is 425 g/mol. The minimum Gasteiger partial charge on any atom is -0.464 e. The maximum atomic E-state index is 13.1. The van der Waals surface area contributed by atoms with E-state index in [4.69, 9.17) is 9.15 Å². The third kappa shape index (κ3) is 4.51. The maximum Gasteiger partial charge on any atom is 0.341 e. The van der Waals surface area contributed by atoms with E-state index in [1.165, 1.54) is 41.9 Å². The summed E-state index contributed by atoms with van der Waals surface area (Å²) in [6.45, 7) is 1.66. The van der Waals surface area contributed by atoms with E-state index >= 15 is 0 Å². The van der Waals surface area contributed by atoms with Gasteiger partial charge in [-0.25, -0.2) is 9.18 Å². The van der Waals surface area contributed by atoms with E-state index in [1.807, 2.05) is 0 Å². The summed E-state index contributed by atoms with van der Waals surface area (Å²) in [5.41, 5.74) is 1.31. The van der Waals surface area contributed by atoms with E-state index in [-0.39, 0.29) is 30.4 Å². The second kappa shape index (κ2) is 8.88. The lowest BCUT2D eigenvalue weighted by atomic mass is 10.1. The number of ether oxygens (including phenoxy) is 1. The highest BCUT2D eigenvalue weighted by atomic mass is 32.1. The van der Waals surface area contributed by atoms with Crippen LogP contribution in [0.3, 0.4) is 0 Å². The van der Waals surface area contributed by atoms with E-state index in [2.05, 4.69) is 20.7 Å². The zero-order chi connectivity index (χ0) is 21.8. The summed E-state index contributed by atoms with van der Waals surface area (Å²) in [5.74, 6) is -0.653. The summed E-state index contributed by atoms with van der Waals surface area (Å²) in [5, 5.41) is 16.6. The van der Waals surface area contributed by atoms with Gasteiger partial charge in [-0.2, -0.15) is 4.80 Å². The first-order valence-corrected chi connectivity index (χ1v) is 10.1. The average molecular weight is 441 g/mol. The van der Waals surface area contributed by atoms with Crippen molar-refractivity contribution in [3.8, 4) is 22.7 Å². The summed E-state index contributed by atoms with van der Waals surface area (Å²) in [6, 6.07) is 9.02. The number of amides is 1. The van der Waals surface area contributed by atoms with Crippen molar-refractivity contribution in [2.24, 2.45) is 0 Å². The van der Waals surface area contributed by atoms with Crippen LogP contribution < -0.4 is 5.32 Å². The van der Waals surface area contributed by atoms with Gasteiger partial charge in [-0.3, -0.25) is 4.79 Å². The number of hydrogen-bond acceptors (Lipinski definition) is 8. The van der Waals surface area contributed by atoms with E-state index in [0.29, 0.717) is 21.9 Å². The molecule has 0 saturated heterocycles. The van der Waals surface area contributed by atoms with Gasteiger partial charge < -0.3 is 14.5 Å². The molecule has 0 radical (unpaired) electrons. The third-order valence-corrected chi connectivity index (χ3v) is 5.05. The Morgan fingerprint density at radius 1 is 1.26 bits per heavy atom. The number of hydrogen-bond donors (Lipinski definition) is 1. The Balaban J connectivity index is 1.51. The average Bonchev–Trinajstić information content (AvgIpc) is 3.49. The predicted octanol–water partition coefficient (Wildman–Crippen LogP) is 3.62. The first kappa shape index (κ1) is 20.4. The van der Waals surface area contributed by atoms with Crippen molar-refractivity contribution in [3.63, 3.8) is 0 Å². The standard InChI is InChI=1S/C20H16FN5O4S/c1-2-29-20(28)17-14(15-4-3-9-30-15)11-31-19(17)22-16(27)10-26-24-18(23-25-26)12-5-7-13(21)8-6-12/h3-9,11H,2,10H2,1H3,(H,22,27). The van der Waals surface area contributed by atoms with Gasteiger partial charge in [0.2, 0.25) is 11.7 Å². The number of rotatable bonds is 7. The maximum absolute atomic E-state index is 13.1. The summed E-state index contributed by atoms with van der Waals surface area (Å²) in [4.78, 5) is 26.1. The van der Waals surface area contributed by atoms with E-state index in [1.54, 1.807) is 24.4 Å². The summed E-state index contributed by atoms with van der Waals surface area (Å²) in [7, 11) is 0. The molecule has 4 aromatic rings. The molecule has 3 aromatic heterocycles. The van der Waals surface area contributed by atoms with Crippen molar-refractivity contribution in [3.05, 3.63) is 59.4 Å². The molecule has 31 heavy (non-hydrogen) atoms. The fourth-order valence-corrected chi connectivity index (χ4v) is 3.74. The van der Waals surface area contributed by atoms with Crippen molar-refractivity contribution >= 4 is 28.2 Å². The SMILES string of the molecule is CCOC(=O)c1c(-c2ccco2)csc1NC(=O)Cn1nnc(-c2ccc(F)cc2)n1. The number of thiophene rings is 1. The molecule has 4 rings (SSSR count). The largest absolute Gasteiger partial charge is 0.464 e. The van der Waals surface area contributed by atoms with Gasteiger partial charge in [-0.05, 0) is 48.5 Å². The zero-order valence-corrected chi connectivity index (χ0v) is 17.1. The Bertz CT molecular complexity index is 1200. The van der Waals surface area contributed by atoms with Crippen LogP contribution in [0.2, 0.25) is 0 Å². The summed E-state index contributed by atoms with van der Waals surface area (Å²) >= 11 is 1.18. The Morgan fingerprint density at radius 3 is 2.77 bits per heavy atom. The van der Waals surface area contributed by atoms with Crippen LogP contribution in [-0.2, 0) is 16.1 Å². The van der Waals surface area contributed by atoms with Crippen molar-refractivity contribution in [1.82, 2.24) is 20.2 Å². The molecule has 3 heterocycles. The zero-order valence-electron chi connectivity index (χ0n) is 16.2. The molecule has 158 valence electrons. The Morgan fingerprint density at radius 2 is 2.06 bits per heavy atom. The Kier molecular flexibility index (Phi) is 5.85. The molecule has 0 atom stereocenters. The molecule has 0 bridgehead atoms. The van der Waals surface area contributed by atoms with Crippen molar-refractivity contribution in [2.45, 2.75) is 13.5 Å². The molecule has 0 unspecified atom stereocenters. The number of esters is 1. The number of nitrogens with one attached hydrogen (secondary N) is 1. The van der Waals surface area contributed by atoms with Crippen LogP contribution in [0.25, 0.3) is 22.7 Å². The van der Waals surface area contributed by atoms with Gasteiger partial charge in [-0.1, -0.05) is 0 Å². The van der Waals surface area contributed by atoms with Gasteiger partial charge >= 0.3 is 5.97 Å². The van der Waals surface area contributed by atoms with Crippen LogP contribution in [0.1, 0.15) is 17.3 Å². The normalized spacial score (nSPS) is 10.8. The fraction of sp³-hybridized carbons (Fsp3) is 0.150. The molecule has 0 aliphatic rings. The van der Waals surface area contributed by atoms with Crippen LogP contribution in [0, 0.1) is 5.82 Å². The molecule has 11 heteroatoms. The Hall–Kier alpha value is -3.86. The quantitative estimate of drug-likeness (QED) is 0.436. The molecule has 9 nitrogen and oxygen atoms in total. The van der Waals surface area contributed by atoms with E-state index < -0.39 is 11.9 Å². The highest BCUT2D eigenvalue weighted by Crippen LogP contribution is 2.36. The molecule has 0 fully saturated rings. The molecule has 1 amide bonds. The number of nitrogens with zero attached hydrogens (tertiary/aromatic N) is 4. The molecule has 1 aromatic carbocycles. The number of tetrazole rings is 1. The first-order chi connectivity index (χ1) is 15.0. The number of halogens is 1. The van der Waals surface area contributed by atoms with Crippen LogP contribution in [0.5, 0.6) is 0 Å². The van der Waals surface area contributed by atoms with Crippen molar-refractivity contribution in [2.75, 3.05) is 11.9 Å². The van der Waals surface area contributed by atoms with Gasteiger partial charge in [-0.15, -0.1) is 21.5 Å². The van der Waals surface area contributed by atoms with E-state index in [0.717, 1.165) is 4.80 Å². The van der Waals surface area contributed by atoms with Crippen LogP contribution in [0.4, 0.5) is 9.39 Å². The number of furan rings is 1. The highest BCUT2D eigenvalue weighted by Gasteiger charge is 2.24. The molecule has 0 aliphatic carbocycles. The monoisotopic (exact) mass is 441 g/mol. The Labute approximate surface area is 179 Å². The van der Waals surface area contributed by atoms with Crippen molar-refractivity contribution < 1.29 is 23.1 Å². The van der Waals surface area contributed by atoms with Gasteiger partial charge in [0, 0.05) is 16.5 Å². The minimum atomic E-state index is -0.567. The highest BCUT2D eigenvalue weighted by molar-refractivity contribution is 7.15. The lowest BCUT2D eigenvalue weighted by Crippen LogP contribution is -2.21. The number of carbonyl (C=O) groups is 2. The summed E-state index contributed by atoms with van der Waals surface area (Å²) in [6.07, 6.45) is 1.50. The molecule has 0 saturated carbocycles. The minimum absolute atomic E-state index is 0.189. The van der Waals surface area contributed by atoms with Crippen LogP contribution in [0.15, 0.2) is 52.5 Å². The lowest BCUT2D eigenvalue weighted by molar-refractivity contribution is -0.117. The molecule has 0 aliphatic heterocycles. The van der Waals surface area contributed by atoms with Crippen LogP contribution >= 0.6 is 11.3 Å². The predicted molar refractivity (Wildman–Crippen MR) is 110 cm³/mol. The smallest absolute Gasteiger partial charge is 0.341 e. The van der Waals surface area contributed by atoms with E-state index in [9.17, 15) is 14.0 Å². The number of carbonyl (C=O) groups excluding carboxylic acids is 2.